The van der Waals surface area contributed by atoms with Crippen LogP contribution in [0.1, 0.15) is 57.4 Å². The number of rotatable bonds is 6. The van der Waals surface area contributed by atoms with Crippen LogP contribution in [0.3, 0.4) is 0 Å². The summed E-state index contributed by atoms with van der Waals surface area (Å²) in [5, 5.41) is 0. The first kappa shape index (κ1) is 17.8. The molecule has 0 spiro atoms. The van der Waals surface area contributed by atoms with E-state index in [4.69, 9.17) is 15.5 Å². The number of carbonyl (C=O) groups excluding carboxylic acids is 1. The minimum absolute atomic E-state index is 0.0115. The van der Waals surface area contributed by atoms with Crippen LogP contribution in [0.5, 0.6) is 5.75 Å². The zero-order chi connectivity index (χ0) is 17.9. The third-order valence-corrected chi connectivity index (χ3v) is 5.50. The molecule has 1 atom stereocenters. The molecule has 0 bridgehead atoms. The summed E-state index contributed by atoms with van der Waals surface area (Å²) >= 11 is 0. The van der Waals surface area contributed by atoms with Crippen LogP contribution in [0.15, 0.2) is 29.3 Å². The molecule has 1 aliphatic heterocycles. The number of unbranched alkanes of at least 4 members (excludes halogenated alkanes) is 1. The summed E-state index contributed by atoms with van der Waals surface area (Å²) in [6.45, 7) is 2.83. The Kier molecular flexibility index (Phi) is 5.30. The van der Waals surface area contributed by atoms with Crippen molar-refractivity contribution in [3.05, 3.63) is 29.8 Å². The van der Waals surface area contributed by atoms with E-state index in [2.05, 4.69) is 6.92 Å². The number of guanidine groups is 1. The van der Waals surface area contributed by atoms with E-state index in [0.717, 1.165) is 49.8 Å². The average Bonchev–Trinajstić information content (AvgIpc) is 2.88. The lowest BCUT2D eigenvalue weighted by Gasteiger charge is -2.36. The zero-order valence-corrected chi connectivity index (χ0v) is 15.3. The van der Waals surface area contributed by atoms with E-state index in [1.165, 1.54) is 11.3 Å². The molecule has 25 heavy (non-hydrogen) atoms. The lowest BCUT2D eigenvalue weighted by Crippen LogP contribution is -2.45. The molecule has 1 unspecified atom stereocenters. The Morgan fingerprint density at radius 2 is 2.08 bits per heavy atom. The van der Waals surface area contributed by atoms with Crippen LogP contribution in [0.25, 0.3) is 0 Å². The lowest BCUT2D eigenvalue weighted by molar-refractivity contribution is -0.133. The molecule has 5 heteroatoms. The predicted octanol–water partition coefficient (Wildman–Crippen LogP) is 3.43. The minimum atomic E-state index is -0.886. The van der Waals surface area contributed by atoms with Crippen molar-refractivity contribution in [1.82, 2.24) is 4.90 Å². The number of ether oxygens (including phenoxy) is 1. The zero-order valence-electron chi connectivity index (χ0n) is 15.3. The molecule has 0 radical (unpaired) electrons. The molecule has 136 valence electrons. The number of likely N-dealkylation sites (N-methyl/N-ethyl adjacent to an activating group) is 1. The Morgan fingerprint density at radius 1 is 1.32 bits per heavy atom. The van der Waals surface area contributed by atoms with Gasteiger partial charge < -0.3 is 10.5 Å². The van der Waals surface area contributed by atoms with Gasteiger partial charge in [-0.05, 0) is 42.9 Å². The number of nitrogens with zero attached hydrogens (tertiary/aromatic N) is 2. The second-order valence-corrected chi connectivity index (χ2v) is 7.17. The van der Waals surface area contributed by atoms with Crippen molar-refractivity contribution in [3.63, 3.8) is 0 Å². The highest BCUT2D eigenvalue weighted by Gasteiger charge is 2.53. The van der Waals surface area contributed by atoms with Crippen LogP contribution in [-0.4, -0.2) is 30.4 Å². The molecule has 0 aromatic heterocycles. The van der Waals surface area contributed by atoms with E-state index < -0.39 is 5.54 Å². The molecule has 1 heterocycles. The second kappa shape index (κ2) is 7.46. The maximum absolute atomic E-state index is 13.2. The number of amides is 1. The molecule has 2 N–H and O–H groups in total. The highest BCUT2D eigenvalue weighted by molar-refractivity contribution is 6.07. The first-order valence-corrected chi connectivity index (χ1v) is 9.46. The van der Waals surface area contributed by atoms with Gasteiger partial charge in [0.1, 0.15) is 5.75 Å². The van der Waals surface area contributed by atoms with E-state index >= 15 is 0 Å². The minimum Gasteiger partial charge on any atom is -0.494 e. The van der Waals surface area contributed by atoms with Gasteiger partial charge in [-0.15, -0.1) is 0 Å². The second-order valence-electron chi connectivity index (χ2n) is 7.17. The summed E-state index contributed by atoms with van der Waals surface area (Å²) in [6.07, 6.45) is 7.65. The summed E-state index contributed by atoms with van der Waals surface area (Å²) < 4.78 is 5.86. The summed E-state index contributed by atoms with van der Waals surface area (Å²) in [6, 6.07) is 7.88. The first-order valence-electron chi connectivity index (χ1n) is 9.46. The fourth-order valence-corrected chi connectivity index (χ4v) is 4.03. The molecule has 1 aliphatic carbocycles. The van der Waals surface area contributed by atoms with Crippen LogP contribution in [0, 0.1) is 5.92 Å². The molecule has 1 aromatic carbocycles. The van der Waals surface area contributed by atoms with Gasteiger partial charge in [-0.2, -0.15) is 0 Å². The van der Waals surface area contributed by atoms with Crippen molar-refractivity contribution < 1.29 is 9.53 Å². The fraction of sp³-hybridized carbons (Fsp3) is 0.600. The van der Waals surface area contributed by atoms with Crippen molar-refractivity contribution >= 4 is 11.9 Å². The Balaban J connectivity index is 1.98. The van der Waals surface area contributed by atoms with E-state index in [1.54, 1.807) is 7.05 Å². The molecule has 1 aromatic rings. The maximum Gasteiger partial charge on any atom is 0.261 e. The van der Waals surface area contributed by atoms with Gasteiger partial charge in [0.25, 0.3) is 5.91 Å². The van der Waals surface area contributed by atoms with Gasteiger partial charge in [0.05, 0.1) is 6.61 Å². The van der Waals surface area contributed by atoms with Gasteiger partial charge in [-0.25, -0.2) is 4.99 Å². The van der Waals surface area contributed by atoms with Crippen molar-refractivity contribution in [3.8, 4) is 5.75 Å². The SMILES string of the molecule is CCCCOc1cccc(C2(C3CCCCC3)N=C(N)N(C)C2=O)c1. The lowest BCUT2D eigenvalue weighted by atomic mass is 9.71. The molecule has 3 rings (SSSR count). The van der Waals surface area contributed by atoms with Gasteiger partial charge in [-0.1, -0.05) is 44.7 Å². The van der Waals surface area contributed by atoms with Gasteiger partial charge >= 0.3 is 0 Å². The first-order chi connectivity index (χ1) is 12.1. The predicted molar refractivity (Wildman–Crippen MR) is 99.5 cm³/mol. The Hall–Kier alpha value is -2.04. The quantitative estimate of drug-likeness (QED) is 0.805. The number of aliphatic imine (C=N–C) groups is 1. The molecule has 0 saturated heterocycles. The molecule has 1 amide bonds. The number of hydrogen-bond acceptors (Lipinski definition) is 4. The Morgan fingerprint density at radius 3 is 2.72 bits per heavy atom. The molecule has 2 aliphatic rings. The van der Waals surface area contributed by atoms with E-state index in [9.17, 15) is 4.79 Å². The fourth-order valence-electron chi connectivity index (χ4n) is 4.03. The van der Waals surface area contributed by atoms with Crippen LogP contribution < -0.4 is 10.5 Å². The van der Waals surface area contributed by atoms with Crippen molar-refractivity contribution in [2.75, 3.05) is 13.7 Å². The third-order valence-electron chi connectivity index (χ3n) is 5.50. The van der Waals surface area contributed by atoms with Crippen LogP contribution in [-0.2, 0) is 10.3 Å². The largest absolute Gasteiger partial charge is 0.494 e. The highest BCUT2D eigenvalue weighted by atomic mass is 16.5. The molecule has 1 fully saturated rings. The van der Waals surface area contributed by atoms with E-state index in [1.807, 2.05) is 24.3 Å². The summed E-state index contributed by atoms with van der Waals surface area (Å²) in [7, 11) is 1.72. The topological polar surface area (TPSA) is 67.9 Å². The number of hydrogen-bond donors (Lipinski definition) is 1. The van der Waals surface area contributed by atoms with Gasteiger partial charge in [-0.3, -0.25) is 9.69 Å². The highest BCUT2D eigenvalue weighted by Crippen LogP contribution is 2.46. The molecule has 5 nitrogen and oxygen atoms in total. The summed E-state index contributed by atoms with van der Waals surface area (Å²) in [4.78, 5) is 19.4. The standard InChI is InChI=1S/C20H29N3O2/c1-3-4-13-25-17-12-8-11-16(14-17)20(15-9-6-5-7-10-15)18(24)23(2)19(21)22-20/h8,11-12,14-15H,3-7,9-10,13H2,1-2H3,(H2,21,22). The Labute approximate surface area is 150 Å². The maximum atomic E-state index is 13.2. The smallest absolute Gasteiger partial charge is 0.261 e. The van der Waals surface area contributed by atoms with Crippen LogP contribution in [0.2, 0.25) is 0 Å². The van der Waals surface area contributed by atoms with Crippen molar-refractivity contribution in [2.24, 2.45) is 16.6 Å². The van der Waals surface area contributed by atoms with E-state index in [-0.39, 0.29) is 11.8 Å². The van der Waals surface area contributed by atoms with Crippen LogP contribution >= 0.6 is 0 Å². The normalized spacial score (nSPS) is 24.5. The van der Waals surface area contributed by atoms with Crippen molar-refractivity contribution in [2.45, 2.75) is 57.4 Å². The van der Waals surface area contributed by atoms with Gasteiger partial charge in [0, 0.05) is 7.05 Å². The third kappa shape index (κ3) is 3.24. The summed E-state index contributed by atoms with van der Waals surface area (Å²) in [5.74, 6) is 1.30. The molecular formula is C20H29N3O2. The van der Waals surface area contributed by atoms with Crippen molar-refractivity contribution in [1.29, 1.82) is 0 Å². The Bertz CT molecular complexity index is 652. The monoisotopic (exact) mass is 343 g/mol. The number of carbonyl (C=O) groups is 1. The van der Waals surface area contributed by atoms with Crippen LogP contribution in [0.4, 0.5) is 0 Å². The summed E-state index contributed by atoms with van der Waals surface area (Å²) in [5.41, 5.74) is 6.07. The van der Waals surface area contributed by atoms with E-state index in [0.29, 0.717) is 12.6 Å². The average molecular weight is 343 g/mol. The molecular weight excluding hydrogens is 314 g/mol. The number of benzene rings is 1. The van der Waals surface area contributed by atoms with Gasteiger partial charge in [0.15, 0.2) is 11.5 Å². The number of nitrogens with two attached hydrogens (primary N) is 1. The van der Waals surface area contributed by atoms with Gasteiger partial charge in [0.2, 0.25) is 0 Å². The molecule has 1 saturated carbocycles.